The molecule has 3 aromatic rings. The molecule has 1 aromatic heterocycles. The van der Waals surface area contributed by atoms with Gasteiger partial charge in [-0.15, -0.1) is 0 Å². The van der Waals surface area contributed by atoms with Crippen molar-refractivity contribution in [2.24, 2.45) is 0 Å². The highest BCUT2D eigenvalue weighted by Crippen LogP contribution is 2.13. The number of aromatic amines is 1. The minimum absolute atomic E-state index is 0.842. The first-order valence-corrected chi connectivity index (χ1v) is 6.55. The van der Waals surface area contributed by atoms with Gasteiger partial charge in [-0.1, -0.05) is 42.0 Å². The molecule has 3 rings (SSSR count). The van der Waals surface area contributed by atoms with Crippen molar-refractivity contribution < 1.29 is 0 Å². The van der Waals surface area contributed by atoms with Crippen LogP contribution in [0.15, 0.2) is 48.5 Å². The summed E-state index contributed by atoms with van der Waals surface area (Å²) in [6, 6.07) is 16.7. The van der Waals surface area contributed by atoms with Crippen molar-refractivity contribution in [1.29, 1.82) is 0 Å². The zero-order valence-corrected chi connectivity index (χ0v) is 11.0. The lowest BCUT2D eigenvalue weighted by Gasteiger charge is -2.04. The van der Waals surface area contributed by atoms with E-state index in [-0.39, 0.29) is 0 Å². The van der Waals surface area contributed by atoms with Gasteiger partial charge in [-0.05, 0) is 31.0 Å². The van der Waals surface area contributed by atoms with Crippen molar-refractivity contribution in [1.82, 2.24) is 9.97 Å². The fraction of sp³-hybridized carbons (Fsp3) is 0.188. The molecule has 19 heavy (non-hydrogen) atoms. The molecule has 0 radical (unpaired) electrons. The molecule has 96 valence electrons. The van der Waals surface area contributed by atoms with Crippen LogP contribution in [-0.4, -0.2) is 16.5 Å². The Hall–Kier alpha value is -2.29. The molecule has 0 amide bonds. The van der Waals surface area contributed by atoms with Crippen LogP contribution >= 0.6 is 0 Å². The monoisotopic (exact) mass is 251 g/mol. The number of nitrogens with one attached hydrogen (secondary N) is 2. The molecule has 0 aliphatic carbocycles. The molecule has 0 aliphatic rings. The fourth-order valence-corrected chi connectivity index (χ4v) is 2.23. The summed E-state index contributed by atoms with van der Waals surface area (Å²) in [5, 5.41) is 3.34. The number of hydrogen-bond acceptors (Lipinski definition) is 2. The summed E-state index contributed by atoms with van der Waals surface area (Å²) in [6.07, 6.45) is 0.999. The second-order valence-electron chi connectivity index (χ2n) is 4.77. The van der Waals surface area contributed by atoms with E-state index in [1.807, 2.05) is 24.3 Å². The van der Waals surface area contributed by atoms with Crippen LogP contribution in [0.4, 0.5) is 5.95 Å². The first-order valence-electron chi connectivity index (χ1n) is 6.55. The molecule has 1 heterocycles. The predicted octanol–water partition coefficient (Wildman–Crippen LogP) is 3.53. The summed E-state index contributed by atoms with van der Waals surface area (Å²) >= 11 is 0. The van der Waals surface area contributed by atoms with Gasteiger partial charge in [0.2, 0.25) is 5.95 Å². The van der Waals surface area contributed by atoms with Gasteiger partial charge in [0, 0.05) is 6.54 Å². The molecule has 0 spiro atoms. The van der Waals surface area contributed by atoms with Crippen LogP contribution in [0.5, 0.6) is 0 Å². The summed E-state index contributed by atoms with van der Waals surface area (Å²) < 4.78 is 0. The van der Waals surface area contributed by atoms with Gasteiger partial charge in [0.1, 0.15) is 0 Å². The van der Waals surface area contributed by atoms with Crippen LogP contribution < -0.4 is 5.32 Å². The minimum atomic E-state index is 0.842. The van der Waals surface area contributed by atoms with E-state index < -0.39 is 0 Å². The number of aromatic nitrogens is 2. The molecule has 2 N–H and O–H groups in total. The number of rotatable bonds is 4. The summed E-state index contributed by atoms with van der Waals surface area (Å²) in [6.45, 7) is 3.00. The minimum Gasteiger partial charge on any atom is -0.355 e. The van der Waals surface area contributed by atoms with E-state index in [0.29, 0.717) is 0 Å². The van der Waals surface area contributed by atoms with Gasteiger partial charge in [-0.3, -0.25) is 0 Å². The van der Waals surface area contributed by atoms with Crippen LogP contribution in [-0.2, 0) is 6.42 Å². The van der Waals surface area contributed by atoms with E-state index in [4.69, 9.17) is 0 Å². The number of fused-ring (bicyclic) bond motifs is 1. The third-order valence-electron chi connectivity index (χ3n) is 3.18. The number of H-pyrrole nitrogens is 1. The average molecular weight is 251 g/mol. The molecule has 0 saturated heterocycles. The van der Waals surface area contributed by atoms with E-state index in [9.17, 15) is 0 Å². The lowest BCUT2D eigenvalue weighted by Crippen LogP contribution is -2.06. The number of aryl methyl sites for hydroxylation is 1. The number of hydrogen-bond donors (Lipinski definition) is 2. The molecule has 0 atom stereocenters. The van der Waals surface area contributed by atoms with E-state index in [0.717, 1.165) is 29.9 Å². The fourth-order valence-electron chi connectivity index (χ4n) is 2.23. The van der Waals surface area contributed by atoms with Gasteiger partial charge in [-0.2, -0.15) is 0 Å². The largest absolute Gasteiger partial charge is 0.355 e. The van der Waals surface area contributed by atoms with Gasteiger partial charge in [0.25, 0.3) is 0 Å². The Morgan fingerprint density at radius 3 is 2.84 bits per heavy atom. The Labute approximate surface area is 112 Å². The lowest BCUT2D eigenvalue weighted by molar-refractivity contribution is 0.997. The molecule has 2 aromatic carbocycles. The van der Waals surface area contributed by atoms with Gasteiger partial charge < -0.3 is 10.3 Å². The zero-order chi connectivity index (χ0) is 13.1. The first-order chi connectivity index (χ1) is 9.31. The highest BCUT2D eigenvalue weighted by molar-refractivity contribution is 5.77. The van der Waals surface area contributed by atoms with E-state index in [1.54, 1.807) is 0 Å². The van der Waals surface area contributed by atoms with E-state index in [1.165, 1.54) is 11.1 Å². The zero-order valence-electron chi connectivity index (χ0n) is 11.0. The smallest absolute Gasteiger partial charge is 0.201 e. The number of anilines is 1. The Bertz CT molecular complexity index is 652. The SMILES string of the molecule is Cc1cccc(CCNc2nc3ccccc3[nH]2)c1. The summed E-state index contributed by atoms with van der Waals surface area (Å²) in [5.74, 6) is 0.842. The van der Waals surface area contributed by atoms with Crippen LogP contribution in [0.2, 0.25) is 0 Å². The maximum atomic E-state index is 4.49. The molecule has 0 unspecified atom stereocenters. The molecular weight excluding hydrogens is 234 g/mol. The third kappa shape index (κ3) is 2.76. The number of benzene rings is 2. The van der Waals surface area contributed by atoms with Crippen molar-refractivity contribution in [2.75, 3.05) is 11.9 Å². The van der Waals surface area contributed by atoms with Crippen molar-refractivity contribution in [2.45, 2.75) is 13.3 Å². The van der Waals surface area contributed by atoms with Gasteiger partial charge in [-0.25, -0.2) is 4.98 Å². The predicted molar refractivity (Wildman–Crippen MR) is 79.5 cm³/mol. The van der Waals surface area contributed by atoms with E-state index >= 15 is 0 Å². The molecule has 0 fully saturated rings. The third-order valence-corrected chi connectivity index (χ3v) is 3.18. The Morgan fingerprint density at radius 2 is 2.00 bits per heavy atom. The average Bonchev–Trinajstić information content (AvgIpc) is 2.81. The first kappa shape index (κ1) is 11.8. The maximum Gasteiger partial charge on any atom is 0.201 e. The number of para-hydroxylation sites is 2. The van der Waals surface area contributed by atoms with Crippen LogP contribution in [0.3, 0.4) is 0 Å². The number of nitrogens with zero attached hydrogens (tertiary/aromatic N) is 1. The van der Waals surface area contributed by atoms with Gasteiger partial charge in [0.15, 0.2) is 0 Å². The molecule has 0 aliphatic heterocycles. The van der Waals surface area contributed by atoms with Crippen LogP contribution in [0, 0.1) is 6.92 Å². The molecule has 0 saturated carbocycles. The highest BCUT2D eigenvalue weighted by Gasteiger charge is 2.00. The van der Waals surface area contributed by atoms with Crippen molar-refractivity contribution >= 4 is 17.0 Å². The lowest BCUT2D eigenvalue weighted by atomic mass is 10.1. The van der Waals surface area contributed by atoms with Crippen molar-refractivity contribution in [3.63, 3.8) is 0 Å². The summed E-state index contributed by atoms with van der Waals surface area (Å²) in [4.78, 5) is 7.77. The highest BCUT2D eigenvalue weighted by atomic mass is 15.1. The summed E-state index contributed by atoms with van der Waals surface area (Å²) in [7, 11) is 0. The van der Waals surface area contributed by atoms with Crippen molar-refractivity contribution in [3.05, 3.63) is 59.7 Å². The topological polar surface area (TPSA) is 40.7 Å². The van der Waals surface area contributed by atoms with Crippen LogP contribution in [0.1, 0.15) is 11.1 Å². The van der Waals surface area contributed by atoms with E-state index in [2.05, 4.69) is 46.5 Å². The standard InChI is InChI=1S/C16H17N3/c1-12-5-4-6-13(11-12)9-10-17-16-18-14-7-2-3-8-15(14)19-16/h2-8,11H,9-10H2,1H3,(H2,17,18,19). The Morgan fingerprint density at radius 1 is 1.11 bits per heavy atom. The van der Waals surface area contributed by atoms with Crippen LogP contribution in [0.25, 0.3) is 11.0 Å². The maximum absolute atomic E-state index is 4.49. The van der Waals surface area contributed by atoms with Gasteiger partial charge in [0.05, 0.1) is 11.0 Å². The Balaban J connectivity index is 1.63. The second-order valence-corrected chi connectivity index (χ2v) is 4.77. The number of imidazole rings is 1. The molecule has 0 bridgehead atoms. The molecule has 3 heteroatoms. The Kier molecular flexibility index (Phi) is 3.19. The second kappa shape index (κ2) is 5.14. The quantitative estimate of drug-likeness (QED) is 0.744. The van der Waals surface area contributed by atoms with Gasteiger partial charge >= 0.3 is 0 Å². The molecule has 3 nitrogen and oxygen atoms in total. The molecular formula is C16H17N3. The van der Waals surface area contributed by atoms with Crippen molar-refractivity contribution in [3.8, 4) is 0 Å². The normalized spacial score (nSPS) is 10.8. The summed E-state index contributed by atoms with van der Waals surface area (Å²) in [5.41, 5.74) is 4.73.